The van der Waals surface area contributed by atoms with Crippen molar-refractivity contribution in [2.75, 3.05) is 6.61 Å². The van der Waals surface area contributed by atoms with Crippen molar-refractivity contribution in [3.05, 3.63) is 34.9 Å². The number of hydrogen-bond acceptors (Lipinski definition) is 4. The smallest absolute Gasteiger partial charge is 0.339 e. The Labute approximate surface area is 160 Å². The summed E-state index contributed by atoms with van der Waals surface area (Å²) in [7, 11) is 0. The van der Waals surface area contributed by atoms with Gasteiger partial charge >= 0.3 is 17.9 Å². The first-order chi connectivity index (χ1) is 13.0. The monoisotopic (exact) mass is 378 g/mol. The van der Waals surface area contributed by atoms with Gasteiger partial charge in [0.1, 0.15) is 0 Å². The van der Waals surface area contributed by atoms with Crippen molar-refractivity contribution in [3.8, 4) is 0 Å². The average molecular weight is 378 g/mol. The molecule has 1 rings (SSSR count). The van der Waals surface area contributed by atoms with Crippen LogP contribution in [0, 0.1) is 0 Å². The number of aromatic carboxylic acids is 2. The third-order valence-corrected chi connectivity index (χ3v) is 4.46. The molecule has 0 bridgehead atoms. The Morgan fingerprint density at radius 1 is 0.778 bits per heavy atom. The fourth-order valence-corrected chi connectivity index (χ4v) is 2.96. The van der Waals surface area contributed by atoms with Gasteiger partial charge in [-0.25, -0.2) is 14.4 Å². The zero-order chi connectivity index (χ0) is 20.1. The van der Waals surface area contributed by atoms with E-state index in [1.807, 2.05) is 0 Å². The predicted molar refractivity (Wildman–Crippen MR) is 102 cm³/mol. The molecule has 0 spiro atoms. The van der Waals surface area contributed by atoms with Gasteiger partial charge in [-0.2, -0.15) is 0 Å². The summed E-state index contributed by atoms with van der Waals surface area (Å²) in [5.74, 6) is -3.65. The average Bonchev–Trinajstić information content (AvgIpc) is 2.65. The van der Waals surface area contributed by atoms with Crippen molar-refractivity contribution in [3.63, 3.8) is 0 Å². The van der Waals surface area contributed by atoms with Gasteiger partial charge in [-0.05, 0) is 18.6 Å². The number of esters is 1. The molecule has 0 atom stereocenters. The van der Waals surface area contributed by atoms with Crippen LogP contribution in [0.2, 0.25) is 0 Å². The maximum absolute atomic E-state index is 12.1. The maximum atomic E-state index is 12.1. The summed E-state index contributed by atoms with van der Waals surface area (Å²) >= 11 is 0. The van der Waals surface area contributed by atoms with Crippen LogP contribution in [-0.2, 0) is 4.74 Å². The Morgan fingerprint density at radius 2 is 1.30 bits per heavy atom. The van der Waals surface area contributed by atoms with E-state index in [-0.39, 0.29) is 12.2 Å². The third kappa shape index (κ3) is 8.24. The lowest BCUT2D eigenvalue weighted by molar-refractivity contribution is 0.0487. The summed E-state index contributed by atoms with van der Waals surface area (Å²) in [6.07, 6.45) is 11.6. The summed E-state index contributed by atoms with van der Waals surface area (Å²) in [4.78, 5) is 34.6. The number of unbranched alkanes of at least 4 members (excludes halogenated alkanes) is 9. The molecule has 0 fully saturated rings. The van der Waals surface area contributed by atoms with Gasteiger partial charge in [-0.3, -0.25) is 0 Å². The number of carbonyl (C=O) groups is 3. The molecule has 0 amide bonds. The molecule has 0 saturated carbocycles. The van der Waals surface area contributed by atoms with Crippen molar-refractivity contribution in [2.24, 2.45) is 0 Å². The largest absolute Gasteiger partial charge is 0.478 e. The zero-order valence-electron chi connectivity index (χ0n) is 16.0. The SMILES string of the molecule is CCCCCCCCCCCCOC(=O)c1cccc(C(=O)O)c1C(=O)O. The van der Waals surface area contributed by atoms with Gasteiger partial charge < -0.3 is 14.9 Å². The quantitative estimate of drug-likeness (QED) is 0.342. The summed E-state index contributed by atoms with van der Waals surface area (Å²) in [6.45, 7) is 2.41. The second kappa shape index (κ2) is 12.9. The van der Waals surface area contributed by atoms with Gasteiger partial charge in [-0.1, -0.05) is 70.8 Å². The van der Waals surface area contributed by atoms with Crippen LogP contribution in [0.25, 0.3) is 0 Å². The van der Waals surface area contributed by atoms with Gasteiger partial charge in [0.15, 0.2) is 0 Å². The van der Waals surface area contributed by atoms with E-state index in [1.54, 1.807) is 0 Å². The predicted octanol–water partition coefficient (Wildman–Crippen LogP) is 5.16. The molecule has 6 nitrogen and oxygen atoms in total. The lowest BCUT2D eigenvalue weighted by atomic mass is 10.0. The standard InChI is InChI=1S/C21H30O6/c1-2-3-4-5-6-7-8-9-10-11-15-27-21(26)17-14-12-13-16(19(22)23)18(17)20(24)25/h12-14H,2-11,15H2,1H3,(H,22,23)(H,24,25). The highest BCUT2D eigenvalue weighted by Crippen LogP contribution is 2.17. The summed E-state index contributed by atoms with van der Waals surface area (Å²) in [6, 6.07) is 3.77. The lowest BCUT2D eigenvalue weighted by Gasteiger charge is -2.09. The van der Waals surface area contributed by atoms with Crippen LogP contribution in [0.1, 0.15) is 102 Å². The Kier molecular flexibility index (Phi) is 10.8. The highest BCUT2D eigenvalue weighted by Gasteiger charge is 2.24. The molecule has 0 aromatic heterocycles. The number of rotatable bonds is 14. The third-order valence-electron chi connectivity index (χ3n) is 4.46. The molecule has 0 aliphatic heterocycles. The minimum Gasteiger partial charge on any atom is -0.478 e. The van der Waals surface area contributed by atoms with Crippen molar-refractivity contribution in [2.45, 2.75) is 71.1 Å². The van der Waals surface area contributed by atoms with Gasteiger partial charge in [0.25, 0.3) is 0 Å². The van der Waals surface area contributed by atoms with Gasteiger partial charge in [0.2, 0.25) is 0 Å². The van der Waals surface area contributed by atoms with Gasteiger partial charge in [0, 0.05) is 0 Å². The molecule has 6 heteroatoms. The minimum absolute atomic E-state index is 0.200. The van der Waals surface area contributed by atoms with Crippen LogP contribution < -0.4 is 0 Å². The van der Waals surface area contributed by atoms with Crippen LogP contribution in [0.5, 0.6) is 0 Å². The molecule has 2 N–H and O–H groups in total. The number of benzene rings is 1. The van der Waals surface area contributed by atoms with E-state index in [4.69, 9.17) is 9.84 Å². The summed E-state index contributed by atoms with van der Waals surface area (Å²) in [5.41, 5.74) is -1.18. The Hall–Kier alpha value is -2.37. The van der Waals surface area contributed by atoms with E-state index in [0.29, 0.717) is 6.42 Å². The molecular weight excluding hydrogens is 348 g/mol. The molecule has 0 heterocycles. The van der Waals surface area contributed by atoms with E-state index in [2.05, 4.69) is 6.92 Å². The molecule has 0 aliphatic rings. The number of hydrogen-bond donors (Lipinski definition) is 2. The molecule has 0 radical (unpaired) electrons. The Bertz CT molecular complexity index is 623. The molecule has 1 aromatic rings. The molecule has 150 valence electrons. The highest BCUT2D eigenvalue weighted by molar-refractivity contribution is 6.09. The van der Waals surface area contributed by atoms with Crippen molar-refractivity contribution < 1.29 is 29.3 Å². The summed E-state index contributed by atoms with van der Waals surface area (Å²) < 4.78 is 5.13. The Morgan fingerprint density at radius 3 is 1.81 bits per heavy atom. The van der Waals surface area contributed by atoms with Crippen LogP contribution in [-0.4, -0.2) is 34.7 Å². The minimum atomic E-state index is -1.46. The second-order valence-electron chi connectivity index (χ2n) is 6.66. The second-order valence-corrected chi connectivity index (χ2v) is 6.66. The van der Waals surface area contributed by atoms with Crippen molar-refractivity contribution >= 4 is 17.9 Å². The van der Waals surface area contributed by atoms with Gasteiger partial charge in [0.05, 0.1) is 23.3 Å². The van der Waals surface area contributed by atoms with Crippen molar-refractivity contribution in [1.82, 2.24) is 0 Å². The van der Waals surface area contributed by atoms with Crippen LogP contribution in [0.15, 0.2) is 18.2 Å². The normalized spacial score (nSPS) is 10.6. The van der Waals surface area contributed by atoms with Gasteiger partial charge in [-0.15, -0.1) is 0 Å². The first-order valence-corrected chi connectivity index (χ1v) is 9.75. The van der Waals surface area contributed by atoms with E-state index >= 15 is 0 Å². The number of ether oxygens (including phenoxy) is 1. The number of carboxylic acid groups (broad SMARTS) is 2. The first-order valence-electron chi connectivity index (χ1n) is 9.75. The fourth-order valence-electron chi connectivity index (χ4n) is 2.96. The number of carboxylic acids is 2. The van der Waals surface area contributed by atoms with Crippen molar-refractivity contribution in [1.29, 1.82) is 0 Å². The van der Waals surface area contributed by atoms with Crippen LogP contribution in [0.3, 0.4) is 0 Å². The van der Waals surface area contributed by atoms with E-state index in [9.17, 15) is 19.5 Å². The molecule has 0 saturated heterocycles. The Balaban J connectivity index is 2.33. The molecule has 27 heavy (non-hydrogen) atoms. The topological polar surface area (TPSA) is 101 Å². The highest BCUT2D eigenvalue weighted by atomic mass is 16.5. The number of carbonyl (C=O) groups excluding carboxylic acids is 1. The maximum Gasteiger partial charge on any atom is 0.339 e. The molecular formula is C21H30O6. The van der Waals surface area contributed by atoms with Crippen LogP contribution >= 0.6 is 0 Å². The first kappa shape index (κ1) is 22.7. The van der Waals surface area contributed by atoms with E-state index < -0.39 is 29.0 Å². The van der Waals surface area contributed by atoms with Crippen LogP contribution in [0.4, 0.5) is 0 Å². The molecule has 0 unspecified atom stereocenters. The molecule has 1 aromatic carbocycles. The lowest BCUT2D eigenvalue weighted by Crippen LogP contribution is -2.16. The fraction of sp³-hybridized carbons (Fsp3) is 0.571. The van der Waals surface area contributed by atoms with E-state index in [0.717, 1.165) is 18.9 Å². The zero-order valence-corrected chi connectivity index (χ0v) is 16.0. The summed E-state index contributed by atoms with van der Waals surface area (Å²) in [5, 5.41) is 18.3. The van der Waals surface area contributed by atoms with E-state index in [1.165, 1.54) is 57.1 Å². The molecule has 0 aliphatic carbocycles.